The van der Waals surface area contributed by atoms with Crippen molar-refractivity contribution in [2.24, 2.45) is 0 Å². The third-order valence-electron chi connectivity index (χ3n) is 4.90. The van der Waals surface area contributed by atoms with Crippen LogP contribution in [0.1, 0.15) is 18.4 Å². The summed E-state index contributed by atoms with van der Waals surface area (Å²) < 4.78 is 24.5. The smallest absolute Gasteiger partial charge is 0.123 e. The quantitative estimate of drug-likeness (QED) is 0.829. The minimum atomic E-state index is -0.175. The van der Waals surface area contributed by atoms with Crippen LogP contribution in [0.15, 0.2) is 24.3 Å². The molecule has 2 fully saturated rings. The van der Waals surface area contributed by atoms with E-state index < -0.39 is 0 Å². The molecule has 0 N–H and O–H groups in total. The maximum atomic E-state index is 12.9. The number of morpholine rings is 1. The van der Waals surface area contributed by atoms with Crippen LogP contribution in [0.4, 0.5) is 4.39 Å². The van der Waals surface area contributed by atoms with E-state index in [1.165, 1.54) is 12.1 Å². The molecule has 5 heteroatoms. The summed E-state index contributed by atoms with van der Waals surface area (Å²) in [6, 6.07) is 6.77. The van der Waals surface area contributed by atoms with Crippen molar-refractivity contribution in [2.75, 3.05) is 53.0 Å². The molecule has 0 atom stereocenters. The summed E-state index contributed by atoms with van der Waals surface area (Å²) in [6.45, 7) is 7.38. The molecular formula is C18H27FN2O2. The highest BCUT2D eigenvalue weighted by molar-refractivity contribution is 5.15. The average Bonchev–Trinajstić information content (AvgIpc) is 2.56. The molecule has 0 bridgehead atoms. The normalized spacial score (nSPS) is 21.9. The average molecular weight is 322 g/mol. The van der Waals surface area contributed by atoms with Gasteiger partial charge >= 0.3 is 0 Å². The highest BCUT2D eigenvalue weighted by Crippen LogP contribution is 2.28. The van der Waals surface area contributed by atoms with Gasteiger partial charge in [0.25, 0.3) is 0 Å². The van der Waals surface area contributed by atoms with Crippen molar-refractivity contribution in [1.82, 2.24) is 9.80 Å². The zero-order valence-corrected chi connectivity index (χ0v) is 14.0. The van der Waals surface area contributed by atoms with Gasteiger partial charge in [-0.3, -0.25) is 4.90 Å². The van der Waals surface area contributed by atoms with Crippen LogP contribution in [0.2, 0.25) is 0 Å². The largest absolute Gasteiger partial charge is 0.381 e. The van der Waals surface area contributed by atoms with E-state index in [0.29, 0.717) is 0 Å². The van der Waals surface area contributed by atoms with Crippen LogP contribution in [0, 0.1) is 5.82 Å². The highest BCUT2D eigenvalue weighted by Gasteiger charge is 2.38. The van der Waals surface area contributed by atoms with Gasteiger partial charge < -0.3 is 14.4 Å². The summed E-state index contributed by atoms with van der Waals surface area (Å²) in [4.78, 5) is 4.80. The molecule has 0 saturated carbocycles. The predicted octanol–water partition coefficient (Wildman–Crippen LogP) is 2.14. The zero-order valence-electron chi connectivity index (χ0n) is 14.0. The molecule has 1 aromatic rings. The number of benzene rings is 1. The maximum absolute atomic E-state index is 12.9. The molecule has 2 saturated heterocycles. The molecule has 1 spiro atoms. The van der Waals surface area contributed by atoms with Crippen molar-refractivity contribution in [3.8, 4) is 0 Å². The molecule has 1 aromatic carbocycles. The third kappa shape index (κ3) is 4.73. The van der Waals surface area contributed by atoms with Crippen molar-refractivity contribution in [3.05, 3.63) is 35.6 Å². The molecule has 2 heterocycles. The number of halogens is 1. The second-order valence-corrected chi connectivity index (χ2v) is 6.78. The molecule has 0 unspecified atom stereocenters. The Morgan fingerprint density at radius 1 is 1.17 bits per heavy atom. The van der Waals surface area contributed by atoms with Gasteiger partial charge in [0.05, 0.1) is 12.2 Å². The summed E-state index contributed by atoms with van der Waals surface area (Å²) in [5.41, 5.74) is 1.17. The van der Waals surface area contributed by atoms with Crippen LogP contribution >= 0.6 is 0 Å². The van der Waals surface area contributed by atoms with E-state index in [1.807, 2.05) is 12.1 Å². The van der Waals surface area contributed by atoms with Gasteiger partial charge in [-0.25, -0.2) is 4.39 Å². The summed E-state index contributed by atoms with van der Waals surface area (Å²) in [6.07, 6.45) is 2.02. The fourth-order valence-corrected chi connectivity index (χ4v) is 3.45. The number of nitrogens with zero attached hydrogens (tertiary/aromatic N) is 2. The molecule has 0 amide bonds. The minimum absolute atomic E-state index is 0.0199. The van der Waals surface area contributed by atoms with Gasteiger partial charge in [0.2, 0.25) is 0 Å². The van der Waals surface area contributed by atoms with Crippen molar-refractivity contribution in [2.45, 2.75) is 25.0 Å². The van der Waals surface area contributed by atoms with Gasteiger partial charge in [-0.15, -0.1) is 0 Å². The molecule has 0 aliphatic carbocycles. The molecule has 2 aliphatic rings. The van der Waals surface area contributed by atoms with Crippen LogP contribution in [0.5, 0.6) is 0 Å². The van der Waals surface area contributed by atoms with E-state index in [-0.39, 0.29) is 11.4 Å². The third-order valence-corrected chi connectivity index (χ3v) is 4.90. The summed E-state index contributed by atoms with van der Waals surface area (Å²) in [5, 5.41) is 0. The number of rotatable bonds is 5. The van der Waals surface area contributed by atoms with Gasteiger partial charge in [-0.05, 0) is 24.7 Å². The number of hydrogen-bond acceptors (Lipinski definition) is 4. The van der Waals surface area contributed by atoms with Crippen molar-refractivity contribution >= 4 is 0 Å². The Kier molecular flexibility index (Phi) is 5.64. The Hall–Kier alpha value is -1.01. The Balaban J connectivity index is 1.44. The fourth-order valence-electron chi connectivity index (χ4n) is 3.45. The number of likely N-dealkylation sites (N-methyl/N-ethyl adjacent to an activating group) is 1. The van der Waals surface area contributed by atoms with Gasteiger partial charge in [0.1, 0.15) is 5.82 Å². The van der Waals surface area contributed by atoms with E-state index in [2.05, 4.69) is 16.8 Å². The van der Waals surface area contributed by atoms with Gasteiger partial charge in [-0.2, -0.15) is 0 Å². The van der Waals surface area contributed by atoms with Crippen LogP contribution in [-0.2, 0) is 16.0 Å². The van der Waals surface area contributed by atoms with Crippen molar-refractivity contribution in [1.29, 1.82) is 0 Å². The summed E-state index contributed by atoms with van der Waals surface area (Å²) in [5.74, 6) is -0.175. The Labute approximate surface area is 138 Å². The molecular weight excluding hydrogens is 295 g/mol. The molecule has 23 heavy (non-hydrogen) atoms. The SMILES string of the molecule is CN(CCN1CCOC2(CCOCC2)C1)Cc1ccc(F)cc1. The maximum Gasteiger partial charge on any atom is 0.123 e. The summed E-state index contributed by atoms with van der Waals surface area (Å²) >= 11 is 0. The predicted molar refractivity (Wildman–Crippen MR) is 87.9 cm³/mol. The van der Waals surface area contributed by atoms with E-state index in [1.54, 1.807) is 0 Å². The van der Waals surface area contributed by atoms with Crippen LogP contribution in [-0.4, -0.2) is 68.4 Å². The van der Waals surface area contributed by atoms with Crippen LogP contribution in [0.3, 0.4) is 0 Å². The van der Waals surface area contributed by atoms with Crippen molar-refractivity contribution < 1.29 is 13.9 Å². The van der Waals surface area contributed by atoms with E-state index >= 15 is 0 Å². The first-order valence-corrected chi connectivity index (χ1v) is 8.52. The first-order chi connectivity index (χ1) is 11.2. The van der Waals surface area contributed by atoms with Crippen molar-refractivity contribution in [3.63, 3.8) is 0 Å². The number of hydrogen-bond donors (Lipinski definition) is 0. The molecule has 0 radical (unpaired) electrons. The molecule has 2 aliphatic heterocycles. The molecule has 4 nitrogen and oxygen atoms in total. The Morgan fingerprint density at radius 3 is 2.65 bits per heavy atom. The lowest BCUT2D eigenvalue weighted by Crippen LogP contribution is -2.55. The second-order valence-electron chi connectivity index (χ2n) is 6.78. The molecule has 3 rings (SSSR count). The number of ether oxygens (including phenoxy) is 2. The zero-order chi connectivity index (χ0) is 16.1. The standard InChI is InChI=1S/C18H27FN2O2/c1-20(14-16-2-4-17(19)5-3-16)8-9-21-10-13-23-18(15-21)6-11-22-12-7-18/h2-5H,6-15H2,1H3. The fraction of sp³-hybridized carbons (Fsp3) is 0.667. The first-order valence-electron chi connectivity index (χ1n) is 8.52. The van der Waals surface area contributed by atoms with Crippen LogP contribution in [0.25, 0.3) is 0 Å². The van der Waals surface area contributed by atoms with E-state index in [9.17, 15) is 4.39 Å². The summed E-state index contributed by atoms with van der Waals surface area (Å²) in [7, 11) is 2.12. The Bertz CT molecular complexity index is 483. The second kappa shape index (κ2) is 7.71. The minimum Gasteiger partial charge on any atom is -0.381 e. The lowest BCUT2D eigenvalue weighted by molar-refractivity contribution is -0.153. The lowest BCUT2D eigenvalue weighted by Gasteiger charge is -2.45. The highest BCUT2D eigenvalue weighted by atomic mass is 19.1. The monoisotopic (exact) mass is 322 g/mol. The van der Waals surface area contributed by atoms with Gasteiger partial charge in [-0.1, -0.05) is 12.1 Å². The van der Waals surface area contributed by atoms with Crippen LogP contribution < -0.4 is 0 Å². The topological polar surface area (TPSA) is 24.9 Å². The van der Waals surface area contributed by atoms with Gasteiger partial charge in [0.15, 0.2) is 0 Å². The van der Waals surface area contributed by atoms with Gasteiger partial charge in [0, 0.05) is 58.8 Å². The first kappa shape index (κ1) is 16.8. The molecule has 0 aromatic heterocycles. The van der Waals surface area contributed by atoms with E-state index in [4.69, 9.17) is 9.47 Å². The van der Waals surface area contributed by atoms with E-state index in [0.717, 1.165) is 70.9 Å². The molecule has 128 valence electrons. The lowest BCUT2D eigenvalue weighted by atomic mass is 9.92. The Morgan fingerprint density at radius 2 is 1.91 bits per heavy atom.